The minimum Gasteiger partial charge on any atom is -0.406 e. The Morgan fingerprint density at radius 1 is 1.19 bits per heavy atom. The second kappa shape index (κ2) is 3.64. The van der Waals surface area contributed by atoms with Crippen molar-refractivity contribution in [2.24, 2.45) is 5.73 Å². The summed E-state index contributed by atoms with van der Waals surface area (Å²) in [6.45, 7) is 0.763. The van der Waals surface area contributed by atoms with Crippen LogP contribution in [0.15, 0.2) is 24.3 Å². The first kappa shape index (κ1) is 11.2. The van der Waals surface area contributed by atoms with Gasteiger partial charge in [0.1, 0.15) is 5.75 Å². The molecule has 3 nitrogen and oxygen atoms in total. The molecule has 2 rings (SSSR count). The summed E-state index contributed by atoms with van der Waals surface area (Å²) in [5.41, 5.74) is 6.08. The number of hydrogen-bond donors (Lipinski definition) is 1. The Morgan fingerprint density at radius 3 is 2.12 bits per heavy atom. The molecule has 0 saturated carbocycles. The van der Waals surface area contributed by atoms with Crippen LogP contribution >= 0.6 is 0 Å². The lowest BCUT2D eigenvalue weighted by molar-refractivity contribution is -0.274. The van der Waals surface area contributed by atoms with Crippen molar-refractivity contribution in [1.82, 2.24) is 0 Å². The highest BCUT2D eigenvalue weighted by atomic mass is 19.4. The Labute approximate surface area is 89.9 Å². The molecule has 0 aliphatic carbocycles. The summed E-state index contributed by atoms with van der Waals surface area (Å²) in [5.74, 6) is -0.250. The number of nitrogens with two attached hydrogens (primary N) is 1. The molecular weight excluding hydrogens is 223 g/mol. The summed E-state index contributed by atoms with van der Waals surface area (Å²) in [7, 11) is 0. The van der Waals surface area contributed by atoms with Gasteiger partial charge >= 0.3 is 6.36 Å². The summed E-state index contributed by atoms with van der Waals surface area (Å²) in [4.78, 5) is 0. The molecule has 0 aromatic heterocycles. The van der Waals surface area contributed by atoms with E-state index in [1.54, 1.807) is 0 Å². The van der Waals surface area contributed by atoms with E-state index in [1.165, 1.54) is 24.3 Å². The molecule has 1 aromatic carbocycles. The van der Waals surface area contributed by atoms with Gasteiger partial charge in [-0.3, -0.25) is 0 Å². The van der Waals surface area contributed by atoms with Crippen LogP contribution in [0, 0.1) is 0 Å². The van der Waals surface area contributed by atoms with Crippen LogP contribution in [0.5, 0.6) is 5.75 Å². The molecule has 2 N–H and O–H groups in total. The first-order valence-electron chi connectivity index (χ1n) is 4.62. The third-order valence-corrected chi connectivity index (χ3v) is 2.38. The molecule has 0 bridgehead atoms. The van der Waals surface area contributed by atoms with Gasteiger partial charge in [-0.2, -0.15) is 0 Å². The van der Waals surface area contributed by atoms with Crippen molar-refractivity contribution in [2.75, 3.05) is 13.2 Å². The van der Waals surface area contributed by atoms with E-state index >= 15 is 0 Å². The fraction of sp³-hybridized carbons (Fsp3) is 0.400. The monoisotopic (exact) mass is 233 g/mol. The number of benzene rings is 1. The average molecular weight is 233 g/mol. The van der Waals surface area contributed by atoms with E-state index < -0.39 is 11.9 Å². The van der Waals surface area contributed by atoms with Gasteiger partial charge in [0.25, 0.3) is 0 Å². The largest absolute Gasteiger partial charge is 0.573 e. The van der Waals surface area contributed by atoms with Gasteiger partial charge in [-0.05, 0) is 17.7 Å². The maximum Gasteiger partial charge on any atom is 0.573 e. The fourth-order valence-electron chi connectivity index (χ4n) is 1.48. The Bertz CT molecular complexity index is 371. The Kier molecular flexibility index (Phi) is 2.55. The minimum absolute atomic E-state index is 0.250. The SMILES string of the molecule is NC1(c2ccc(OC(F)(F)F)cc2)COC1. The Morgan fingerprint density at radius 2 is 1.75 bits per heavy atom. The highest BCUT2D eigenvalue weighted by Crippen LogP contribution is 2.29. The van der Waals surface area contributed by atoms with Crippen molar-refractivity contribution < 1.29 is 22.6 Å². The zero-order valence-electron chi connectivity index (χ0n) is 8.25. The van der Waals surface area contributed by atoms with E-state index in [4.69, 9.17) is 10.5 Å². The van der Waals surface area contributed by atoms with Crippen LogP contribution in [0.2, 0.25) is 0 Å². The predicted octanol–water partition coefficient (Wildman–Crippen LogP) is 1.77. The lowest BCUT2D eigenvalue weighted by Crippen LogP contribution is -2.54. The standard InChI is InChI=1S/C10H10F3NO2/c11-10(12,13)16-8-3-1-7(2-4-8)9(14)5-15-6-9/h1-4H,5-6,14H2. The molecule has 6 heteroatoms. The second-order valence-electron chi connectivity index (χ2n) is 3.72. The molecule has 0 atom stereocenters. The van der Waals surface area contributed by atoms with Crippen LogP contribution in [-0.4, -0.2) is 19.6 Å². The van der Waals surface area contributed by atoms with Crippen LogP contribution in [0.3, 0.4) is 0 Å². The molecule has 1 aliphatic heterocycles. The summed E-state index contributed by atoms with van der Waals surface area (Å²) in [5, 5.41) is 0. The van der Waals surface area contributed by atoms with Crippen molar-refractivity contribution in [3.63, 3.8) is 0 Å². The van der Waals surface area contributed by atoms with E-state index in [0.29, 0.717) is 13.2 Å². The second-order valence-corrected chi connectivity index (χ2v) is 3.72. The molecular formula is C10H10F3NO2. The maximum atomic E-state index is 11.9. The highest BCUT2D eigenvalue weighted by molar-refractivity contribution is 5.33. The molecule has 1 fully saturated rings. The molecule has 1 heterocycles. The quantitative estimate of drug-likeness (QED) is 0.846. The number of halogens is 3. The van der Waals surface area contributed by atoms with E-state index in [0.717, 1.165) is 5.56 Å². The van der Waals surface area contributed by atoms with Gasteiger partial charge in [-0.15, -0.1) is 13.2 Å². The van der Waals surface area contributed by atoms with E-state index in [-0.39, 0.29) is 5.75 Å². The topological polar surface area (TPSA) is 44.5 Å². The fourth-order valence-corrected chi connectivity index (χ4v) is 1.48. The van der Waals surface area contributed by atoms with Gasteiger partial charge in [0.2, 0.25) is 0 Å². The van der Waals surface area contributed by atoms with Crippen molar-refractivity contribution in [1.29, 1.82) is 0 Å². The molecule has 1 aliphatic rings. The molecule has 0 spiro atoms. The molecule has 1 aromatic rings. The van der Waals surface area contributed by atoms with Gasteiger partial charge in [0.05, 0.1) is 18.8 Å². The van der Waals surface area contributed by atoms with Crippen molar-refractivity contribution in [3.05, 3.63) is 29.8 Å². The summed E-state index contributed by atoms with van der Waals surface area (Å²) in [6, 6.07) is 5.53. The zero-order valence-corrected chi connectivity index (χ0v) is 8.25. The average Bonchev–Trinajstić information content (AvgIpc) is 2.13. The van der Waals surface area contributed by atoms with E-state index in [9.17, 15) is 13.2 Å². The minimum atomic E-state index is -4.67. The third kappa shape index (κ3) is 2.28. The van der Waals surface area contributed by atoms with Gasteiger partial charge in [-0.1, -0.05) is 12.1 Å². The van der Waals surface area contributed by atoms with Crippen molar-refractivity contribution >= 4 is 0 Å². The molecule has 16 heavy (non-hydrogen) atoms. The highest BCUT2D eigenvalue weighted by Gasteiger charge is 2.36. The molecule has 1 saturated heterocycles. The first-order valence-corrected chi connectivity index (χ1v) is 4.62. The summed E-state index contributed by atoms with van der Waals surface area (Å²) >= 11 is 0. The van der Waals surface area contributed by atoms with Gasteiger partial charge in [0, 0.05) is 0 Å². The van der Waals surface area contributed by atoms with Crippen LogP contribution in [0.4, 0.5) is 13.2 Å². The molecule has 0 unspecified atom stereocenters. The predicted molar refractivity (Wildman–Crippen MR) is 49.8 cm³/mol. The van der Waals surface area contributed by atoms with E-state index in [1.807, 2.05) is 0 Å². The molecule has 88 valence electrons. The lowest BCUT2D eigenvalue weighted by atomic mass is 9.89. The van der Waals surface area contributed by atoms with Crippen LogP contribution in [-0.2, 0) is 10.3 Å². The smallest absolute Gasteiger partial charge is 0.406 e. The number of alkyl halides is 3. The van der Waals surface area contributed by atoms with Gasteiger partial charge in [-0.25, -0.2) is 0 Å². The normalized spacial score (nSPS) is 19.0. The summed E-state index contributed by atoms with van der Waals surface area (Å²) < 4.78 is 44.4. The maximum absolute atomic E-state index is 11.9. The Balaban J connectivity index is 2.10. The first-order chi connectivity index (χ1) is 7.39. The van der Waals surface area contributed by atoms with E-state index in [2.05, 4.69) is 4.74 Å². The number of hydrogen-bond acceptors (Lipinski definition) is 3. The van der Waals surface area contributed by atoms with Gasteiger partial charge < -0.3 is 15.2 Å². The van der Waals surface area contributed by atoms with Gasteiger partial charge in [0.15, 0.2) is 0 Å². The van der Waals surface area contributed by atoms with Crippen LogP contribution < -0.4 is 10.5 Å². The summed E-state index contributed by atoms with van der Waals surface area (Å²) in [6.07, 6.45) is -4.67. The van der Waals surface area contributed by atoms with Crippen molar-refractivity contribution in [3.8, 4) is 5.75 Å². The molecule has 0 amide bonds. The van der Waals surface area contributed by atoms with Crippen LogP contribution in [0.25, 0.3) is 0 Å². The third-order valence-electron chi connectivity index (χ3n) is 2.38. The van der Waals surface area contributed by atoms with Crippen molar-refractivity contribution in [2.45, 2.75) is 11.9 Å². The zero-order chi connectivity index (χ0) is 11.8. The number of ether oxygens (including phenoxy) is 2. The number of rotatable bonds is 2. The Hall–Kier alpha value is -1.27. The lowest BCUT2D eigenvalue weighted by Gasteiger charge is -2.38. The molecule has 0 radical (unpaired) electrons. The van der Waals surface area contributed by atoms with Crippen LogP contribution in [0.1, 0.15) is 5.56 Å².